The Morgan fingerprint density at radius 3 is 2.00 bits per heavy atom. The van der Waals surface area contributed by atoms with E-state index in [9.17, 15) is 0 Å². The third-order valence-corrected chi connectivity index (χ3v) is 11.0. The zero-order valence-corrected chi connectivity index (χ0v) is 14.1. The van der Waals surface area contributed by atoms with Gasteiger partial charge in [0, 0.05) is 9.27 Å². The number of rotatable bonds is 3. The Hall–Kier alpha value is -0.213. The van der Waals surface area contributed by atoms with Gasteiger partial charge in [-0.15, -0.1) is 11.8 Å². The maximum absolute atomic E-state index is 2.56. The molecule has 1 fully saturated rings. The Kier molecular flexibility index (Phi) is 4.28. The Morgan fingerprint density at radius 1 is 0.944 bits per heavy atom. The normalized spacial score (nSPS) is 19.8. The quantitative estimate of drug-likeness (QED) is 0.642. The minimum atomic E-state index is -1.14. The molecule has 0 unspecified atom stereocenters. The summed E-state index contributed by atoms with van der Waals surface area (Å²) in [5.74, 6) is 0. The summed E-state index contributed by atoms with van der Waals surface area (Å²) >= 11 is 2.19. The van der Waals surface area contributed by atoms with Gasteiger partial charge in [0.15, 0.2) is 0 Å². The van der Waals surface area contributed by atoms with Crippen LogP contribution in [0.25, 0.3) is 0 Å². The lowest BCUT2D eigenvalue weighted by molar-refractivity contribution is 0.471. The van der Waals surface area contributed by atoms with E-state index in [1.807, 2.05) is 0 Å². The fraction of sp³-hybridized carbons (Fsp3) is 0.625. The summed E-state index contributed by atoms with van der Waals surface area (Å²) in [4.78, 5) is 1.48. The summed E-state index contributed by atoms with van der Waals surface area (Å²) in [5.41, 5.74) is 1.37. The number of aryl methyl sites for hydroxylation is 1. The molecule has 1 aromatic rings. The van der Waals surface area contributed by atoms with E-state index >= 15 is 0 Å². The minimum Gasteiger partial charge on any atom is -0.123 e. The van der Waals surface area contributed by atoms with Crippen molar-refractivity contribution in [3.05, 3.63) is 29.8 Å². The summed E-state index contributed by atoms with van der Waals surface area (Å²) in [6.07, 6.45) is 7.18. The molecule has 0 aliphatic heterocycles. The fourth-order valence-electron chi connectivity index (χ4n) is 2.96. The highest BCUT2D eigenvalue weighted by Crippen LogP contribution is 2.49. The van der Waals surface area contributed by atoms with Crippen molar-refractivity contribution in [2.75, 3.05) is 0 Å². The molecule has 0 heterocycles. The first-order valence-electron chi connectivity index (χ1n) is 7.19. The van der Waals surface area contributed by atoms with Gasteiger partial charge in [0.1, 0.15) is 0 Å². The predicted octanol–water partition coefficient (Wildman–Crippen LogP) is 5.67. The van der Waals surface area contributed by atoms with Gasteiger partial charge in [-0.25, -0.2) is 0 Å². The number of hydrogen-bond donors (Lipinski definition) is 0. The standard InChI is InChI=1S/C16H26SSi/c1-14-8-10-15(11-9-14)17-16(18(2,3)4)12-6-5-7-13-16/h8-11H,5-7,12-13H2,1-4H3. The fourth-order valence-corrected chi connectivity index (χ4v) is 7.61. The topological polar surface area (TPSA) is 0 Å². The third kappa shape index (κ3) is 3.02. The molecule has 1 aromatic carbocycles. The maximum Gasteiger partial charge on any atom is 0.0630 e. The first-order chi connectivity index (χ1) is 8.43. The van der Waals surface area contributed by atoms with Crippen LogP contribution in [0.15, 0.2) is 29.2 Å². The Balaban J connectivity index is 2.22. The highest BCUT2D eigenvalue weighted by Gasteiger charge is 2.44. The van der Waals surface area contributed by atoms with Crippen molar-refractivity contribution >= 4 is 19.8 Å². The first-order valence-corrected chi connectivity index (χ1v) is 11.5. The third-order valence-electron chi connectivity index (χ3n) is 4.36. The summed E-state index contributed by atoms with van der Waals surface area (Å²) in [7, 11) is -1.14. The first kappa shape index (κ1) is 14.2. The lowest BCUT2D eigenvalue weighted by Crippen LogP contribution is -2.50. The zero-order valence-electron chi connectivity index (χ0n) is 12.3. The van der Waals surface area contributed by atoms with Gasteiger partial charge in [-0.3, -0.25) is 0 Å². The van der Waals surface area contributed by atoms with Crippen LogP contribution in [0.2, 0.25) is 19.6 Å². The van der Waals surface area contributed by atoms with Gasteiger partial charge in [0.2, 0.25) is 0 Å². The smallest absolute Gasteiger partial charge is 0.0630 e. The van der Waals surface area contributed by atoms with Crippen molar-refractivity contribution in [1.29, 1.82) is 0 Å². The molecule has 0 saturated heterocycles. The van der Waals surface area contributed by atoms with Gasteiger partial charge in [-0.1, -0.05) is 56.6 Å². The molecular weight excluding hydrogens is 252 g/mol. The largest absolute Gasteiger partial charge is 0.123 e. The highest BCUT2D eigenvalue weighted by atomic mass is 32.2. The van der Waals surface area contributed by atoms with E-state index < -0.39 is 8.07 Å². The van der Waals surface area contributed by atoms with Crippen LogP contribution in [-0.2, 0) is 0 Å². The van der Waals surface area contributed by atoms with Crippen molar-refractivity contribution in [3.63, 3.8) is 0 Å². The Labute approximate surface area is 118 Å². The van der Waals surface area contributed by atoms with Crippen molar-refractivity contribution in [2.45, 2.75) is 67.9 Å². The van der Waals surface area contributed by atoms with E-state index in [0.717, 1.165) is 0 Å². The van der Waals surface area contributed by atoms with Crippen molar-refractivity contribution in [1.82, 2.24) is 0 Å². The van der Waals surface area contributed by atoms with Gasteiger partial charge in [-0.05, 0) is 31.9 Å². The monoisotopic (exact) mass is 278 g/mol. The summed E-state index contributed by atoms with van der Waals surface area (Å²) in [6, 6.07) is 9.14. The zero-order chi connectivity index (χ0) is 13.2. The summed E-state index contributed by atoms with van der Waals surface area (Å²) < 4.78 is 0.570. The molecule has 0 bridgehead atoms. The Bertz CT molecular complexity index is 383. The second kappa shape index (κ2) is 5.42. The average Bonchev–Trinajstić information content (AvgIpc) is 2.32. The number of benzene rings is 1. The molecular formula is C16H26SSi. The molecule has 0 N–H and O–H groups in total. The molecule has 0 aromatic heterocycles. The second-order valence-electron chi connectivity index (χ2n) is 6.72. The van der Waals surface area contributed by atoms with Crippen LogP contribution >= 0.6 is 11.8 Å². The number of thioether (sulfide) groups is 1. The van der Waals surface area contributed by atoms with Gasteiger partial charge in [0.25, 0.3) is 0 Å². The van der Waals surface area contributed by atoms with E-state index in [1.54, 1.807) is 0 Å². The minimum absolute atomic E-state index is 0.570. The average molecular weight is 279 g/mol. The molecule has 2 heteroatoms. The van der Waals surface area contributed by atoms with Crippen LogP contribution < -0.4 is 0 Å². The van der Waals surface area contributed by atoms with Crippen LogP contribution in [0.3, 0.4) is 0 Å². The van der Waals surface area contributed by atoms with Crippen molar-refractivity contribution in [2.24, 2.45) is 0 Å². The predicted molar refractivity (Wildman–Crippen MR) is 86.2 cm³/mol. The molecule has 1 aliphatic rings. The van der Waals surface area contributed by atoms with Crippen LogP contribution in [0.5, 0.6) is 0 Å². The molecule has 0 spiro atoms. The van der Waals surface area contributed by atoms with E-state index in [4.69, 9.17) is 0 Å². The Morgan fingerprint density at radius 2 is 1.50 bits per heavy atom. The van der Waals surface area contributed by atoms with Gasteiger partial charge in [-0.2, -0.15) is 0 Å². The molecule has 0 amide bonds. The van der Waals surface area contributed by atoms with Gasteiger partial charge in [0.05, 0.1) is 8.07 Å². The second-order valence-corrected chi connectivity index (χ2v) is 14.0. The summed E-state index contributed by atoms with van der Waals surface area (Å²) in [6.45, 7) is 9.84. The van der Waals surface area contributed by atoms with Gasteiger partial charge < -0.3 is 0 Å². The molecule has 1 aliphatic carbocycles. The maximum atomic E-state index is 2.56. The number of hydrogen-bond acceptors (Lipinski definition) is 1. The van der Waals surface area contributed by atoms with Gasteiger partial charge >= 0.3 is 0 Å². The van der Waals surface area contributed by atoms with Crippen LogP contribution in [0, 0.1) is 6.92 Å². The summed E-state index contributed by atoms with van der Waals surface area (Å²) in [5, 5.41) is 0. The molecule has 0 atom stereocenters. The van der Waals surface area contributed by atoms with Crippen LogP contribution in [0.1, 0.15) is 37.7 Å². The SMILES string of the molecule is Cc1ccc(SC2([Si](C)(C)C)CCCCC2)cc1. The molecule has 2 rings (SSSR count). The molecule has 0 radical (unpaired) electrons. The lowest BCUT2D eigenvalue weighted by atomic mass is 9.99. The van der Waals surface area contributed by atoms with Crippen molar-refractivity contribution < 1.29 is 0 Å². The molecule has 0 nitrogen and oxygen atoms in total. The molecule has 1 saturated carbocycles. The van der Waals surface area contributed by atoms with Crippen LogP contribution in [-0.4, -0.2) is 12.4 Å². The van der Waals surface area contributed by atoms with E-state index in [0.29, 0.717) is 4.37 Å². The van der Waals surface area contributed by atoms with Crippen molar-refractivity contribution in [3.8, 4) is 0 Å². The van der Waals surface area contributed by atoms with E-state index in [-0.39, 0.29) is 0 Å². The highest BCUT2D eigenvalue weighted by molar-refractivity contribution is 8.02. The van der Waals surface area contributed by atoms with E-state index in [1.165, 1.54) is 42.6 Å². The van der Waals surface area contributed by atoms with Crippen LogP contribution in [0.4, 0.5) is 0 Å². The lowest BCUT2D eigenvalue weighted by Gasteiger charge is -2.46. The molecule has 18 heavy (non-hydrogen) atoms. The molecule has 100 valence electrons. The van der Waals surface area contributed by atoms with E-state index in [2.05, 4.69) is 62.6 Å².